The fourth-order valence-corrected chi connectivity index (χ4v) is 4.74. The Morgan fingerprint density at radius 1 is 1.20 bits per heavy atom. The zero-order chi connectivity index (χ0) is 20.9. The summed E-state index contributed by atoms with van der Waals surface area (Å²) in [6, 6.07) is 6.41. The molecule has 1 aliphatic heterocycles. The predicted molar refractivity (Wildman–Crippen MR) is 115 cm³/mol. The molecule has 2 fully saturated rings. The number of hydrogen-bond acceptors (Lipinski definition) is 5. The first-order valence-electron chi connectivity index (χ1n) is 10.5. The number of amides is 1. The third-order valence-electron chi connectivity index (χ3n) is 6.91. The van der Waals surface area contributed by atoms with Crippen molar-refractivity contribution in [3.05, 3.63) is 53.9 Å². The van der Waals surface area contributed by atoms with Crippen LogP contribution in [-0.4, -0.2) is 63.3 Å². The maximum atomic E-state index is 12.7. The van der Waals surface area contributed by atoms with Gasteiger partial charge in [0.15, 0.2) is 0 Å². The van der Waals surface area contributed by atoms with Gasteiger partial charge in [0.1, 0.15) is 6.29 Å². The number of aryl methyl sites for hydroxylation is 1. The van der Waals surface area contributed by atoms with Crippen LogP contribution in [-0.2, 0) is 22.2 Å². The molecule has 0 radical (unpaired) electrons. The van der Waals surface area contributed by atoms with Crippen molar-refractivity contribution < 1.29 is 9.59 Å². The van der Waals surface area contributed by atoms with Crippen molar-refractivity contribution in [3.8, 4) is 0 Å². The Balaban J connectivity index is 1.45. The van der Waals surface area contributed by atoms with Crippen molar-refractivity contribution >= 4 is 23.2 Å². The SMILES string of the molecule is Cn1cnc2cc(C3(N4CCN(C(=O)C5(N)CC5)CC4)C=CC(C=O)=CC3)ccc21. The minimum absolute atomic E-state index is 0.0911. The number of carbonyl (C=O) groups is 2. The summed E-state index contributed by atoms with van der Waals surface area (Å²) < 4.78 is 2.01. The number of hydrogen-bond donors (Lipinski definition) is 1. The highest BCUT2D eigenvalue weighted by atomic mass is 16.2. The van der Waals surface area contributed by atoms with Crippen LogP contribution in [0.25, 0.3) is 11.0 Å². The van der Waals surface area contributed by atoms with Gasteiger partial charge >= 0.3 is 0 Å². The third-order valence-corrected chi connectivity index (χ3v) is 6.91. The molecular formula is C23H27N5O2. The highest BCUT2D eigenvalue weighted by Gasteiger charge is 2.49. The van der Waals surface area contributed by atoms with E-state index in [1.807, 2.05) is 35.0 Å². The van der Waals surface area contributed by atoms with Crippen LogP contribution in [0.4, 0.5) is 0 Å². The van der Waals surface area contributed by atoms with Gasteiger partial charge in [0.2, 0.25) is 5.91 Å². The van der Waals surface area contributed by atoms with Crippen molar-refractivity contribution in [3.63, 3.8) is 0 Å². The largest absolute Gasteiger partial charge is 0.339 e. The van der Waals surface area contributed by atoms with E-state index >= 15 is 0 Å². The minimum Gasteiger partial charge on any atom is -0.339 e. The van der Waals surface area contributed by atoms with E-state index < -0.39 is 5.54 Å². The highest BCUT2D eigenvalue weighted by Crippen LogP contribution is 2.40. The number of carbonyl (C=O) groups excluding carboxylic acids is 2. The molecule has 0 bridgehead atoms. The second kappa shape index (κ2) is 6.89. The zero-order valence-electron chi connectivity index (χ0n) is 17.3. The van der Waals surface area contributed by atoms with E-state index in [1.165, 1.54) is 0 Å². The van der Waals surface area contributed by atoms with Crippen molar-refractivity contribution in [2.75, 3.05) is 26.2 Å². The van der Waals surface area contributed by atoms with E-state index in [0.29, 0.717) is 25.1 Å². The van der Waals surface area contributed by atoms with Crippen molar-refractivity contribution in [2.24, 2.45) is 12.8 Å². The van der Waals surface area contributed by atoms with Gasteiger partial charge in [0, 0.05) is 38.8 Å². The number of benzene rings is 1. The summed E-state index contributed by atoms with van der Waals surface area (Å²) in [6.07, 6.45) is 11.1. The lowest BCUT2D eigenvalue weighted by atomic mass is 9.80. The van der Waals surface area contributed by atoms with E-state index in [4.69, 9.17) is 5.73 Å². The molecule has 7 heteroatoms. The fraction of sp³-hybridized carbons (Fsp3) is 0.435. The van der Waals surface area contributed by atoms with Gasteiger partial charge in [0.25, 0.3) is 0 Å². The molecule has 7 nitrogen and oxygen atoms in total. The summed E-state index contributed by atoms with van der Waals surface area (Å²) in [5.41, 5.74) is 9.08. The summed E-state index contributed by atoms with van der Waals surface area (Å²) in [7, 11) is 1.99. The lowest BCUT2D eigenvalue weighted by Crippen LogP contribution is -2.58. The molecule has 2 heterocycles. The molecule has 5 rings (SSSR count). The molecule has 1 atom stereocenters. The van der Waals surface area contributed by atoms with E-state index in [2.05, 4.69) is 34.2 Å². The Morgan fingerprint density at radius 3 is 2.60 bits per heavy atom. The minimum atomic E-state index is -0.615. The molecule has 2 aliphatic carbocycles. The smallest absolute Gasteiger partial charge is 0.242 e. The lowest BCUT2D eigenvalue weighted by Gasteiger charge is -2.47. The number of fused-ring (bicyclic) bond motifs is 1. The van der Waals surface area contributed by atoms with Gasteiger partial charge in [-0.25, -0.2) is 4.98 Å². The van der Waals surface area contributed by atoms with Crippen LogP contribution in [0.3, 0.4) is 0 Å². The molecular weight excluding hydrogens is 378 g/mol. The highest BCUT2D eigenvalue weighted by molar-refractivity contribution is 5.89. The van der Waals surface area contributed by atoms with Crippen LogP contribution in [0.1, 0.15) is 24.8 Å². The van der Waals surface area contributed by atoms with Crippen LogP contribution in [0, 0.1) is 0 Å². The van der Waals surface area contributed by atoms with Gasteiger partial charge in [0.05, 0.1) is 28.4 Å². The quantitative estimate of drug-likeness (QED) is 0.779. The molecule has 1 aromatic heterocycles. The van der Waals surface area contributed by atoms with Gasteiger partial charge < -0.3 is 15.2 Å². The fourth-order valence-electron chi connectivity index (χ4n) is 4.74. The number of imidazole rings is 1. The van der Waals surface area contributed by atoms with Crippen molar-refractivity contribution in [1.29, 1.82) is 0 Å². The van der Waals surface area contributed by atoms with Gasteiger partial charge in [-0.3, -0.25) is 14.5 Å². The average Bonchev–Trinajstić information content (AvgIpc) is 3.44. The Bertz CT molecular complexity index is 1070. The Labute approximate surface area is 175 Å². The maximum absolute atomic E-state index is 12.7. The van der Waals surface area contributed by atoms with Crippen LogP contribution in [0.5, 0.6) is 0 Å². The topological polar surface area (TPSA) is 84.5 Å². The molecule has 0 spiro atoms. The summed E-state index contributed by atoms with van der Waals surface area (Å²) in [4.78, 5) is 32.8. The molecule has 2 N–H and O–H groups in total. The molecule has 156 valence electrons. The van der Waals surface area contributed by atoms with Crippen LogP contribution in [0.2, 0.25) is 0 Å². The van der Waals surface area contributed by atoms with E-state index in [0.717, 1.165) is 48.8 Å². The van der Waals surface area contributed by atoms with Crippen molar-refractivity contribution in [2.45, 2.75) is 30.3 Å². The second-order valence-corrected chi connectivity index (χ2v) is 8.78. The third kappa shape index (κ3) is 3.00. The zero-order valence-corrected chi connectivity index (χ0v) is 17.3. The van der Waals surface area contributed by atoms with Gasteiger partial charge in [-0.1, -0.05) is 24.3 Å². The Morgan fingerprint density at radius 2 is 1.97 bits per heavy atom. The number of nitrogens with two attached hydrogens (primary N) is 1. The number of aldehydes is 1. The van der Waals surface area contributed by atoms with Gasteiger partial charge in [-0.05, 0) is 37.0 Å². The summed E-state index contributed by atoms with van der Waals surface area (Å²) in [5.74, 6) is 0.0911. The number of rotatable bonds is 4. The monoisotopic (exact) mass is 405 g/mol. The molecule has 1 saturated heterocycles. The summed E-state index contributed by atoms with van der Waals surface area (Å²) in [6.45, 7) is 2.86. The van der Waals surface area contributed by atoms with E-state index in [-0.39, 0.29) is 11.4 Å². The number of nitrogens with zero attached hydrogens (tertiary/aromatic N) is 4. The van der Waals surface area contributed by atoms with Crippen molar-refractivity contribution in [1.82, 2.24) is 19.4 Å². The number of piperazine rings is 1. The molecule has 1 unspecified atom stereocenters. The van der Waals surface area contributed by atoms with Gasteiger partial charge in [-0.2, -0.15) is 0 Å². The first-order chi connectivity index (χ1) is 14.4. The number of aromatic nitrogens is 2. The average molecular weight is 406 g/mol. The lowest BCUT2D eigenvalue weighted by molar-refractivity contribution is -0.136. The molecule has 3 aliphatic rings. The molecule has 30 heavy (non-hydrogen) atoms. The molecule has 1 aromatic carbocycles. The summed E-state index contributed by atoms with van der Waals surface area (Å²) in [5, 5.41) is 0. The summed E-state index contributed by atoms with van der Waals surface area (Å²) >= 11 is 0. The second-order valence-electron chi connectivity index (χ2n) is 8.78. The predicted octanol–water partition coefficient (Wildman–Crippen LogP) is 1.49. The van der Waals surface area contributed by atoms with E-state index in [9.17, 15) is 9.59 Å². The Kier molecular flexibility index (Phi) is 4.41. The van der Waals surface area contributed by atoms with Crippen LogP contribution in [0.15, 0.2) is 48.3 Å². The standard InChI is InChI=1S/C23H27N5O2/c1-26-16-25-19-14-18(2-3-20(19)26)23(6-4-17(15-29)5-7-23)28-12-10-27(11-13-28)21(30)22(24)8-9-22/h2-6,14-16H,7-13,24H2,1H3. The maximum Gasteiger partial charge on any atom is 0.242 e. The van der Waals surface area contributed by atoms with E-state index in [1.54, 1.807) is 0 Å². The van der Waals surface area contributed by atoms with Gasteiger partial charge in [-0.15, -0.1) is 0 Å². The first-order valence-corrected chi connectivity index (χ1v) is 10.5. The normalized spacial score (nSPS) is 25.9. The van der Waals surface area contributed by atoms with Crippen LogP contribution < -0.4 is 5.73 Å². The number of allylic oxidation sites excluding steroid dienone is 2. The molecule has 2 aromatic rings. The van der Waals surface area contributed by atoms with Crippen LogP contribution >= 0.6 is 0 Å². The Hall–Kier alpha value is -2.77. The molecule has 1 amide bonds. The molecule has 1 saturated carbocycles. The first kappa shape index (κ1) is 19.2.